The lowest BCUT2D eigenvalue weighted by Crippen LogP contribution is -2.45. The Bertz CT molecular complexity index is 270. The number of nitrogens with one attached hydrogen (secondary N) is 1. The van der Waals surface area contributed by atoms with Crippen molar-refractivity contribution in [3.05, 3.63) is 30.1 Å². The molecule has 0 bridgehead atoms. The van der Waals surface area contributed by atoms with E-state index in [1.165, 1.54) is 0 Å². The number of hydrogen-bond acceptors (Lipinski definition) is 2. The van der Waals surface area contributed by atoms with Gasteiger partial charge in [-0.2, -0.15) is 0 Å². The second-order valence-corrected chi connectivity index (χ2v) is 4.67. The van der Waals surface area contributed by atoms with Crippen molar-refractivity contribution >= 4 is 11.6 Å². The van der Waals surface area contributed by atoms with Crippen LogP contribution in [-0.4, -0.2) is 15.9 Å². The molecular weight excluding hydrogens is 196 g/mol. The Kier molecular flexibility index (Phi) is 3.90. The van der Waals surface area contributed by atoms with Gasteiger partial charge in [-0.05, 0) is 32.9 Å². The molecule has 14 heavy (non-hydrogen) atoms. The molecule has 2 nitrogen and oxygen atoms in total. The van der Waals surface area contributed by atoms with Crippen LogP contribution >= 0.6 is 11.6 Å². The highest BCUT2D eigenvalue weighted by Gasteiger charge is 2.22. The normalized spacial score (nSPS) is 14.0. The highest BCUT2D eigenvalue weighted by atomic mass is 35.5. The van der Waals surface area contributed by atoms with E-state index in [2.05, 4.69) is 24.1 Å². The summed E-state index contributed by atoms with van der Waals surface area (Å²) in [6.07, 6.45) is 1.80. The van der Waals surface area contributed by atoms with Gasteiger partial charge in [-0.25, -0.2) is 0 Å². The van der Waals surface area contributed by atoms with Gasteiger partial charge in [-0.15, -0.1) is 11.6 Å². The van der Waals surface area contributed by atoms with Crippen LogP contribution in [0.3, 0.4) is 0 Å². The monoisotopic (exact) mass is 212 g/mol. The van der Waals surface area contributed by atoms with Gasteiger partial charge in [0.2, 0.25) is 0 Å². The lowest BCUT2D eigenvalue weighted by Gasteiger charge is -2.28. The molecule has 0 saturated heterocycles. The molecule has 1 aromatic rings. The van der Waals surface area contributed by atoms with Gasteiger partial charge in [0.1, 0.15) is 0 Å². The summed E-state index contributed by atoms with van der Waals surface area (Å²) in [4.78, 5) is 4.24. The molecule has 0 amide bonds. The maximum absolute atomic E-state index is 6.05. The van der Waals surface area contributed by atoms with E-state index in [1.807, 2.05) is 25.1 Å². The fraction of sp³-hybridized carbons (Fsp3) is 0.545. The molecule has 0 spiro atoms. The molecular formula is C11H17ClN2. The minimum absolute atomic E-state index is 0.0704. The van der Waals surface area contributed by atoms with Crippen molar-refractivity contribution in [2.45, 2.75) is 38.2 Å². The van der Waals surface area contributed by atoms with Gasteiger partial charge in [-0.3, -0.25) is 4.98 Å². The summed E-state index contributed by atoms with van der Waals surface area (Å²) in [5.74, 6) is 0. The summed E-state index contributed by atoms with van der Waals surface area (Å²) in [6.45, 7) is 6.93. The molecule has 1 aromatic heterocycles. The zero-order chi connectivity index (χ0) is 10.6. The molecule has 78 valence electrons. The summed E-state index contributed by atoms with van der Waals surface area (Å²) < 4.78 is 0. The van der Waals surface area contributed by atoms with Crippen LogP contribution in [-0.2, 0) is 6.54 Å². The van der Waals surface area contributed by atoms with E-state index in [1.54, 1.807) is 6.20 Å². The van der Waals surface area contributed by atoms with Crippen molar-refractivity contribution in [3.63, 3.8) is 0 Å². The van der Waals surface area contributed by atoms with Crippen LogP contribution in [0.15, 0.2) is 24.4 Å². The van der Waals surface area contributed by atoms with Gasteiger partial charge < -0.3 is 5.32 Å². The van der Waals surface area contributed by atoms with Crippen molar-refractivity contribution in [1.29, 1.82) is 0 Å². The van der Waals surface area contributed by atoms with Crippen molar-refractivity contribution in [1.82, 2.24) is 10.3 Å². The smallest absolute Gasteiger partial charge is 0.0541 e. The first-order valence-electron chi connectivity index (χ1n) is 4.81. The molecule has 3 heteroatoms. The average Bonchev–Trinajstić information content (AvgIpc) is 2.16. The summed E-state index contributed by atoms with van der Waals surface area (Å²) in [7, 11) is 0. The number of alkyl halides is 1. The van der Waals surface area contributed by atoms with E-state index in [0.29, 0.717) is 0 Å². The first kappa shape index (κ1) is 11.5. The lowest BCUT2D eigenvalue weighted by atomic mass is 10.0. The molecule has 0 aliphatic heterocycles. The molecule has 0 saturated carbocycles. The third-order valence-electron chi connectivity index (χ3n) is 2.45. The predicted molar refractivity (Wildman–Crippen MR) is 60.5 cm³/mol. The van der Waals surface area contributed by atoms with Crippen molar-refractivity contribution in [2.24, 2.45) is 0 Å². The molecule has 0 aliphatic rings. The molecule has 1 N–H and O–H groups in total. The minimum Gasteiger partial charge on any atom is -0.305 e. The number of pyridine rings is 1. The minimum atomic E-state index is -0.0704. The summed E-state index contributed by atoms with van der Waals surface area (Å²) >= 11 is 6.05. The van der Waals surface area contributed by atoms with Gasteiger partial charge in [0, 0.05) is 23.7 Å². The number of hydrogen-bond donors (Lipinski definition) is 1. The van der Waals surface area contributed by atoms with Crippen LogP contribution in [0.5, 0.6) is 0 Å². The molecule has 0 fully saturated rings. The molecule has 1 unspecified atom stereocenters. The Morgan fingerprint density at radius 1 is 1.50 bits per heavy atom. The van der Waals surface area contributed by atoms with E-state index in [-0.39, 0.29) is 10.9 Å². The number of halogens is 1. The predicted octanol–water partition coefficient (Wildman–Crippen LogP) is 2.58. The highest BCUT2D eigenvalue weighted by Crippen LogP contribution is 2.14. The first-order valence-corrected chi connectivity index (χ1v) is 5.25. The van der Waals surface area contributed by atoms with Crippen LogP contribution in [0.2, 0.25) is 0 Å². The van der Waals surface area contributed by atoms with Gasteiger partial charge in [0.25, 0.3) is 0 Å². The van der Waals surface area contributed by atoms with Gasteiger partial charge in [-0.1, -0.05) is 6.07 Å². The SMILES string of the molecule is CC(Cl)C(C)(C)NCc1ccccn1. The molecule has 0 aromatic carbocycles. The van der Waals surface area contributed by atoms with Crippen molar-refractivity contribution in [3.8, 4) is 0 Å². The second kappa shape index (κ2) is 4.76. The Morgan fingerprint density at radius 2 is 2.21 bits per heavy atom. The maximum atomic E-state index is 6.05. The lowest BCUT2D eigenvalue weighted by molar-refractivity contribution is 0.378. The zero-order valence-corrected chi connectivity index (χ0v) is 9.67. The Morgan fingerprint density at radius 3 is 2.71 bits per heavy atom. The van der Waals surface area contributed by atoms with Crippen LogP contribution < -0.4 is 5.32 Å². The third kappa shape index (κ3) is 3.28. The van der Waals surface area contributed by atoms with Crippen molar-refractivity contribution in [2.75, 3.05) is 0 Å². The molecule has 1 heterocycles. The number of rotatable bonds is 4. The zero-order valence-electron chi connectivity index (χ0n) is 8.92. The van der Waals surface area contributed by atoms with Crippen LogP contribution in [0.25, 0.3) is 0 Å². The highest BCUT2D eigenvalue weighted by molar-refractivity contribution is 6.21. The molecule has 1 rings (SSSR count). The van der Waals surface area contributed by atoms with Crippen LogP contribution in [0, 0.1) is 0 Å². The molecule has 1 atom stereocenters. The van der Waals surface area contributed by atoms with E-state index in [4.69, 9.17) is 11.6 Å². The third-order valence-corrected chi connectivity index (χ3v) is 2.99. The fourth-order valence-electron chi connectivity index (χ4n) is 0.962. The quantitative estimate of drug-likeness (QED) is 0.777. The molecule has 0 aliphatic carbocycles. The Balaban J connectivity index is 2.49. The summed E-state index contributed by atoms with van der Waals surface area (Å²) in [5, 5.41) is 3.47. The average molecular weight is 213 g/mol. The Labute approximate surface area is 90.7 Å². The Hall–Kier alpha value is -0.600. The first-order chi connectivity index (χ1) is 6.52. The maximum Gasteiger partial charge on any atom is 0.0541 e. The van der Waals surface area contributed by atoms with E-state index in [0.717, 1.165) is 12.2 Å². The topological polar surface area (TPSA) is 24.9 Å². The fourth-order valence-corrected chi connectivity index (χ4v) is 1.04. The van der Waals surface area contributed by atoms with E-state index >= 15 is 0 Å². The van der Waals surface area contributed by atoms with Gasteiger partial charge in [0.05, 0.1) is 5.69 Å². The standard InChI is InChI=1S/C11H17ClN2/c1-9(12)11(2,3)14-8-10-6-4-5-7-13-10/h4-7,9,14H,8H2,1-3H3. The second-order valence-electron chi connectivity index (χ2n) is 4.01. The van der Waals surface area contributed by atoms with Crippen LogP contribution in [0.4, 0.5) is 0 Å². The van der Waals surface area contributed by atoms with E-state index < -0.39 is 0 Å². The summed E-state index contributed by atoms with van der Waals surface area (Å²) in [5.41, 5.74) is 0.969. The van der Waals surface area contributed by atoms with Gasteiger partial charge in [0.15, 0.2) is 0 Å². The van der Waals surface area contributed by atoms with Crippen molar-refractivity contribution < 1.29 is 0 Å². The van der Waals surface area contributed by atoms with E-state index in [9.17, 15) is 0 Å². The van der Waals surface area contributed by atoms with Gasteiger partial charge >= 0.3 is 0 Å². The summed E-state index contributed by atoms with van der Waals surface area (Å²) in [6, 6.07) is 5.90. The number of nitrogens with zero attached hydrogens (tertiary/aromatic N) is 1. The van der Waals surface area contributed by atoms with Crippen LogP contribution in [0.1, 0.15) is 26.5 Å². The molecule has 0 radical (unpaired) electrons. The largest absolute Gasteiger partial charge is 0.305 e. The number of aromatic nitrogens is 1.